The van der Waals surface area contributed by atoms with E-state index in [2.05, 4.69) is 17.0 Å². The van der Waals surface area contributed by atoms with Gasteiger partial charge in [0.15, 0.2) is 0 Å². The number of morpholine rings is 1. The zero-order valence-electron chi connectivity index (χ0n) is 11.8. The molecule has 0 spiro atoms. The number of likely N-dealkylation sites (N-methyl/N-ethyl adjacent to an activating group) is 1. The summed E-state index contributed by atoms with van der Waals surface area (Å²) >= 11 is 0. The number of hydrogen-bond acceptors (Lipinski definition) is 3. The third kappa shape index (κ3) is 4.33. The molecule has 0 N–H and O–H groups in total. The van der Waals surface area contributed by atoms with Crippen molar-refractivity contribution in [2.75, 3.05) is 40.4 Å². The van der Waals surface area contributed by atoms with Crippen LogP contribution >= 0.6 is 0 Å². The van der Waals surface area contributed by atoms with Crippen molar-refractivity contribution < 1.29 is 9.53 Å². The Morgan fingerprint density at radius 3 is 2.63 bits per heavy atom. The summed E-state index contributed by atoms with van der Waals surface area (Å²) in [5, 5.41) is 0. The van der Waals surface area contributed by atoms with Crippen LogP contribution in [-0.4, -0.2) is 56.1 Å². The van der Waals surface area contributed by atoms with Crippen LogP contribution in [-0.2, 0) is 22.5 Å². The molecule has 0 atom stereocenters. The summed E-state index contributed by atoms with van der Waals surface area (Å²) in [6.45, 7) is 4.55. The van der Waals surface area contributed by atoms with Crippen LogP contribution in [0.4, 0.5) is 0 Å². The predicted molar refractivity (Wildman–Crippen MR) is 74.9 cm³/mol. The Hall–Kier alpha value is -1.39. The largest absolute Gasteiger partial charge is 0.379 e. The van der Waals surface area contributed by atoms with Gasteiger partial charge in [-0.25, -0.2) is 0 Å². The van der Waals surface area contributed by atoms with Crippen LogP contribution < -0.4 is 0 Å². The zero-order valence-corrected chi connectivity index (χ0v) is 11.8. The van der Waals surface area contributed by atoms with Gasteiger partial charge in [-0.3, -0.25) is 9.69 Å². The van der Waals surface area contributed by atoms with Crippen LogP contribution in [0.5, 0.6) is 0 Å². The number of amides is 1. The average Bonchev–Trinajstić information content (AvgIpc) is 2.40. The van der Waals surface area contributed by atoms with E-state index < -0.39 is 0 Å². The molecule has 1 aliphatic heterocycles. The predicted octanol–water partition coefficient (Wildman–Crippen LogP) is 1.15. The highest BCUT2D eigenvalue weighted by Crippen LogP contribution is 2.11. The van der Waals surface area contributed by atoms with Crippen LogP contribution in [0.15, 0.2) is 24.3 Å². The van der Waals surface area contributed by atoms with E-state index in [1.807, 2.05) is 12.1 Å². The minimum absolute atomic E-state index is 0.142. The molecule has 0 unspecified atom stereocenters. The molecule has 0 aliphatic carbocycles. The van der Waals surface area contributed by atoms with Gasteiger partial charge in [-0.05, 0) is 11.1 Å². The maximum absolute atomic E-state index is 11.7. The van der Waals surface area contributed by atoms with Crippen molar-refractivity contribution in [3.8, 4) is 0 Å². The summed E-state index contributed by atoms with van der Waals surface area (Å²) in [4.78, 5) is 15.7. The van der Waals surface area contributed by atoms with Crippen LogP contribution in [0.2, 0.25) is 0 Å². The van der Waals surface area contributed by atoms with Crippen LogP contribution in [0, 0.1) is 0 Å². The molecule has 1 heterocycles. The number of benzene rings is 1. The molecule has 1 saturated heterocycles. The van der Waals surface area contributed by atoms with E-state index in [9.17, 15) is 4.79 Å². The van der Waals surface area contributed by atoms with Gasteiger partial charge >= 0.3 is 0 Å². The van der Waals surface area contributed by atoms with E-state index in [4.69, 9.17) is 4.74 Å². The quantitative estimate of drug-likeness (QED) is 0.816. The molecule has 1 fully saturated rings. The second kappa shape index (κ2) is 6.68. The lowest BCUT2D eigenvalue weighted by Gasteiger charge is -2.26. The lowest BCUT2D eigenvalue weighted by atomic mass is 10.1. The maximum atomic E-state index is 11.7. The van der Waals surface area contributed by atoms with Gasteiger partial charge in [-0.15, -0.1) is 0 Å². The summed E-state index contributed by atoms with van der Waals surface area (Å²) in [5.74, 6) is 0.142. The van der Waals surface area contributed by atoms with E-state index in [0.29, 0.717) is 6.42 Å². The molecule has 1 amide bonds. The van der Waals surface area contributed by atoms with Gasteiger partial charge in [0.1, 0.15) is 0 Å². The Morgan fingerprint density at radius 2 is 1.95 bits per heavy atom. The van der Waals surface area contributed by atoms with Gasteiger partial charge in [-0.1, -0.05) is 24.3 Å². The highest BCUT2D eigenvalue weighted by molar-refractivity contribution is 5.78. The van der Waals surface area contributed by atoms with Crippen molar-refractivity contribution in [2.45, 2.75) is 13.0 Å². The lowest BCUT2D eigenvalue weighted by molar-refractivity contribution is -0.127. The van der Waals surface area contributed by atoms with Crippen molar-refractivity contribution in [1.29, 1.82) is 0 Å². The Morgan fingerprint density at radius 1 is 1.26 bits per heavy atom. The van der Waals surface area contributed by atoms with E-state index in [1.54, 1.807) is 19.0 Å². The highest BCUT2D eigenvalue weighted by Gasteiger charge is 2.11. The molecule has 0 bridgehead atoms. The number of ether oxygens (including phenoxy) is 1. The van der Waals surface area contributed by atoms with Crippen molar-refractivity contribution >= 4 is 5.91 Å². The minimum atomic E-state index is 0.142. The van der Waals surface area contributed by atoms with Crippen LogP contribution in [0.1, 0.15) is 11.1 Å². The summed E-state index contributed by atoms with van der Waals surface area (Å²) < 4.78 is 5.35. The molecule has 4 heteroatoms. The fourth-order valence-electron chi connectivity index (χ4n) is 2.19. The van der Waals surface area contributed by atoms with Crippen molar-refractivity contribution in [3.63, 3.8) is 0 Å². The maximum Gasteiger partial charge on any atom is 0.226 e. The first-order valence-corrected chi connectivity index (χ1v) is 6.73. The first kappa shape index (κ1) is 14.0. The van der Waals surface area contributed by atoms with E-state index in [0.717, 1.165) is 38.4 Å². The number of carbonyl (C=O) groups is 1. The Kier molecular flexibility index (Phi) is 4.93. The summed E-state index contributed by atoms with van der Waals surface area (Å²) in [5.41, 5.74) is 2.36. The Balaban J connectivity index is 1.96. The van der Waals surface area contributed by atoms with E-state index >= 15 is 0 Å². The molecule has 0 saturated carbocycles. The molecule has 1 aliphatic rings. The molecule has 19 heavy (non-hydrogen) atoms. The van der Waals surface area contributed by atoms with Crippen molar-refractivity contribution in [1.82, 2.24) is 9.80 Å². The van der Waals surface area contributed by atoms with Crippen LogP contribution in [0.25, 0.3) is 0 Å². The molecule has 0 radical (unpaired) electrons. The van der Waals surface area contributed by atoms with Gasteiger partial charge in [0.05, 0.1) is 19.6 Å². The van der Waals surface area contributed by atoms with Gasteiger partial charge in [0.2, 0.25) is 5.91 Å². The van der Waals surface area contributed by atoms with Gasteiger partial charge in [-0.2, -0.15) is 0 Å². The molecule has 1 aromatic rings. The summed E-state index contributed by atoms with van der Waals surface area (Å²) in [6, 6.07) is 8.31. The van der Waals surface area contributed by atoms with E-state index in [1.165, 1.54) is 5.56 Å². The summed E-state index contributed by atoms with van der Waals surface area (Å²) in [6.07, 6.45) is 0.476. The topological polar surface area (TPSA) is 32.8 Å². The van der Waals surface area contributed by atoms with Gasteiger partial charge in [0.25, 0.3) is 0 Å². The van der Waals surface area contributed by atoms with Crippen molar-refractivity contribution in [3.05, 3.63) is 35.4 Å². The SMILES string of the molecule is CN(C)C(=O)Cc1cccc(CN2CCOCC2)c1. The molecule has 4 nitrogen and oxygen atoms in total. The second-order valence-corrected chi connectivity index (χ2v) is 5.17. The molecule has 2 rings (SSSR count). The number of rotatable bonds is 4. The second-order valence-electron chi connectivity index (χ2n) is 5.17. The third-order valence-corrected chi connectivity index (χ3v) is 3.36. The van der Waals surface area contributed by atoms with Gasteiger partial charge < -0.3 is 9.64 Å². The molecule has 104 valence electrons. The summed E-state index contributed by atoms with van der Waals surface area (Å²) in [7, 11) is 3.58. The Labute approximate surface area is 115 Å². The Bertz CT molecular complexity index is 426. The van der Waals surface area contributed by atoms with Crippen molar-refractivity contribution in [2.24, 2.45) is 0 Å². The lowest BCUT2D eigenvalue weighted by Crippen LogP contribution is -2.35. The number of carbonyl (C=O) groups excluding carboxylic acids is 1. The van der Waals surface area contributed by atoms with Crippen LogP contribution in [0.3, 0.4) is 0 Å². The average molecular weight is 262 g/mol. The fourth-order valence-corrected chi connectivity index (χ4v) is 2.19. The third-order valence-electron chi connectivity index (χ3n) is 3.36. The first-order valence-electron chi connectivity index (χ1n) is 6.73. The highest BCUT2D eigenvalue weighted by atomic mass is 16.5. The normalized spacial score (nSPS) is 16.3. The molecular weight excluding hydrogens is 240 g/mol. The molecular formula is C15H22N2O2. The van der Waals surface area contributed by atoms with E-state index in [-0.39, 0.29) is 5.91 Å². The monoisotopic (exact) mass is 262 g/mol. The smallest absolute Gasteiger partial charge is 0.226 e. The minimum Gasteiger partial charge on any atom is -0.379 e. The zero-order chi connectivity index (χ0) is 13.7. The number of hydrogen-bond donors (Lipinski definition) is 0. The standard InChI is InChI=1S/C15H22N2O2/c1-16(2)15(18)11-13-4-3-5-14(10-13)12-17-6-8-19-9-7-17/h3-5,10H,6-9,11-12H2,1-2H3. The first-order chi connectivity index (χ1) is 9.15. The molecule has 1 aromatic carbocycles. The van der Waals surface area contributed by atoms with Gasteiger partial charge in [0, 0.05) is 33.7 Å². The number of nitrogens with zero attached hydrogens (tertiary/aromatic N) is 2. The molecule has 0 aromatic heterocycles. The fraction of sp³-hybridized carbons (Fsp3) is 0.533.